The predicted molar refractivity (Wildman–Crippen MR) is 69.5 cm³/mol. The summed E-state index contributed by atoms with van der Waals surface area (Å²) in [5, 5.41) is 4.34. The SMILES string of the molecule is CCN[C@@H](C)c1nc2cc(Cl)ccc2c(=O)[nH]1. The summed E-state index contributed by atoms with van der Waals surface area (Å²) in [5.74, 6) is 0.631. The van der Waals surface area contributed by atoms with E-state index in [1.165, 1.54) is 0 Å². The summed E-state index contributed by atoms with van der Waals surface area (Å²) < 4.78 is 0. The highest BCUT2D eigenvalue weighted by molar-refractivity contribution is 6.31. The maximum atomic E-state index is 11.9. The highest BCUT2D eigenvalue weighted by Gasteiger charge is 2.09. The molecule has 17 heavy (non-hydrogen) atoms. The second-order valence-corrected chi connectivity index (χ2v) is 4.33. The monoisotopic (exact) mass is 251 g/mol. The van der Waals surface area contributed by atoms with E-state index < -0.39 is 0 Å². The van der Waals surface area contributed by atoms with E-state index in [-0.39, 0.29) is 11.6 Å². The van der Waals surface area contributed by atoms with Crippen LogP contribution < -0.4 is 10.9 Å². The van der Waals surface area contributed by atoms with Crippen molar-refractivity contribution < 1.29 is 0 Å². The Balaban J connectivity index is 2.57. The molecule has 0 fully saturated rings. The molecule has 0 aliphatic carbocycles. The van der Waals surface area contributed by atoms with Crippen LogP contribution in [0.5, 0.6) is 0 Å². The molecule has 0 amide bonds. The molecular weight excluding hydrogens is 238 g/mol. The second kappa shape index (κ2) is 4.85. The molecule has 90 valence electrons. The van der Waals surface area contributed by atoms with Crippen LogP contribution in [0.4, 0.5) is 0 Å². The molecule has 0 radical (unpaired) electrons. The van der Waals surface area contributed by atoms with Crippen LogP contribution in [0, 0.1) is 0 Å². The van der Waals surface area contributed by atoms with Crippen LogP contribution in [0.15, 0.2) is 23.0 Å². The first kappa shape index (κ1) is 12.1. The average Bonchev–Trinajstić information content (AvgIpc) is 2.28. The number of rotatable bonds is 3. The maximum absolute atomic E-state index is 11.9. The first-order valence-corrected chi connectivity index (χ1v) is 5.92. The molecule has 0 aliphatic heterocycles. The van der Waals surface area contributed by atoms with Gasteiger partial charge in [0.05, 0.1) is 16.9 Å². The van der Waals surface area contributed by atoms with Crippen LogP contribution in [-0.2, 0) is 0 Å². The van der Waals surface area contributed by atoms with Crippen LogP contribution in [0.3, 0.4) is 0 Å². The van der Waals surface area contributed by atoms with Gasteiger partial charge in [-0.3, -0.25) is 4.79 Å². The second-order valence-electron chi connectivity index (χ2n) is 3.89. The molecule has 4 nitrogen and oxygen atoms in total. The Hall–Kier alpha value is -1.39. The molecule has 0 unspecified atom stereocenters. The van der Waals surface area contributed by atoms with Gasteiger partial charge in [-0.05, 0) is 31.7 Å². The fourth-order valence-electron chi connectivity index (χ4n) is 1.74. The minimum atomic E-state index is -0.133. The molecule has 0 spiro atoms. The normalized spacial score (nSPS) is 12.9. The summed E-state index contributed by atoms with van der Waals surface area (Å²) in [5.41, 5.74) is 0.493. The number of aromatic nitrogens is 2. The van der Waals surface area contributed by atoms with Crippen LogP contribution in [0.1, 0.15) is 25.7 Å². The standard InChI is InChI=1S/C12H14ClN3O/c1-3-14-7(2)11-15-10-6-8(13)4-5-9(10)12(17)16-11/h4-7,14H,3H2,1-2H3,(H,15,16,17)/t7-/m0/s1. The summed E-state index contributed by atoms with van der Waals surface area (Å²) in [6.45, 7) is 4.78. The van der Waals surface area contributed by atoms with Gasteiger partial charge in [0, 0.05) is 5.02 Å². The lowest BCUT2D eigenvalue weighted by Crippen LogP contribution is -2.23. The van der Waals surface area contributed by atoms with Crippen molar-refractivity contribution in [2.24, 2.45) is 0 Å². The van der Waals surface area contributed by atoms with E-state index in [2.05, 4.69) is 15.3 Å². The molecule has 1 heterocycles. The van der Waals surface area contributed by atoms with E-state index in [0.717, 1.165) is 6.54 Å². The van der Waals surface area contributed by atoms with Gasteiger partial charge >= 0.3 is 0 Å². The summed E-state index contributed by atoms with van der Waals surface area (Å²) >= 11 is 5.90. The number of nitrogens with zero attached hydrogens (tertiary/aromatic N) is 1. The molecule has 5 heteroatoms. The molecular formula is C12H14ClN3O. The maximum Gasteiger partial charge on any atom is 0.258 e. The molecule has 0 bridgehead atoms. The van der Waals surface area contributed by atoms with E-state index in [9.17, 15) is 4.79 Å². The Morgan fingerprint density at radius 1 is 1.53 bits per heavy atom. The van der Waals surface area contributed by atoms with Crippen molar-refractivity contribution in [3.8, 4) is 0 Å². The number of fused-ring (bicyclic) bond motifs is 1. The van der Waals surface area contributed by atoms with Crippen molar-refractivity contribution in [2.75, 3.05) is 6.54 Å². The zero-order valence-corrected chi connectivity index (χ0v) is 10.5. The lowest BCUT2D eigenvalue weighted by molar-refractivity contribution is 0.567. The van der Waals surface area contributed by atoms with Crippen molar-refractivity contribution in [1.82, 2.24) is 15.3 Å². The van der Waals surface area contributed by atoms with E-state index in [1.54, 1.807) is 18.2 Å². The quantitative estimate of drug-likeness (QED) is 0.880. The van der Waals surface area contributed by atoms with Crippen molar-refractivity contribution in [3.05, 3.63) is 39.4 Å². The van der Waals surface area contributed by atoms with Crippen molar-refractivity contribution in [1.29, 1.82) is 0 Å². The van der Waals surface area contributed by atoms with Gasteiger partial charge in [-0.2, -0.15) is 0 Å². The third-order valence-corrected chi connectivity index (χ3v) is 2.84. The number of nitrogens with one attached hydrogen (secondary N) is 2. The zero-order chi connectivity index (χ0) is 12.4. The summed E-state index contributed by atoms with van der Waals surface area (Å²) in [7, 11) is 0. The Morgan fingerprint density at radius 2 is 2.29 bits per heavy atom. The Labute approximate surface area is 104 Å². The molecule has 1 aromatic carbocycles. The fourth-order valence-corrected chi connectivity index (χ4v) is 1.90. The molecule has 2 aromatic rings. The molecule has 0 saturated carbocycles. The van der Waals surface area contributed by atoms with Crippen molar-refractivity contribution >= 4 is 22.5 Å². The predicted octanol–water partition coefficient (Wildman–Crippen LogP) is 2.25. The Kier molecular flexibility index (Phi) is 3.45. The van der Waals surface area contributed by atoms with Gasteiger partial charge in [0.15, 0.2) is 0 Å². The molecule has 0 saturated heterocycles. The third-order valence-electron chi connectivity index (χ3n) is 2.61. The zero-order valence-electron chi connectivity index (χ0n) is 9.75. The Morgan fingerprint density at radius 3 is 3.00 bits per heavy atom. The number of halogens is 1. The highest BCUT2D eigenvalue weighted by Crippen LogP contribution is 2.16. The number of hydrogen-bond acceptors (Lipinski definition) is 3. The minimum absolute atomic E-state index is 0.0103. The van der Waals surface area contributed by atoms with Gasteiger partial charge in [0.1, 0.15) is 5.82 Å². The van der Waals surface area contributed by atoms with Gasteiger partial charge < -0.3 is 10.3 Å². The summed E-state index contributed by atoms with van der Waals surface area (Å²) in [4.78, 5) is 19.0. The van der Waals surface area contributed by atoms with Gasteiger partial charge in [0.25, 0.3) is 5.56 Å². The van der Waals surface area contributed by atoms with E-state index >= 15 is 0 Å². The average molecular weight is 252 g/mol. The first-order valence-electron chi connectivity index (χ1n) is 5.54. The molecule has 1 aromatic heterocycles. The fraction of sp³-hybridized carbons (Fsp3) is 0.333. The van der Waals surface area contributed by atoms with Crippen molar-refractivity contribution in [2.45, 2.75) is 19.9 Å². The lowest BCUT2D eigenvalue weighted by Gasteiger charge is -2.11. The Bertz CT molecular complexity index is 594. The van der Waals surface area contributed by atoms with Gasteiger partial charge in [-0.15, -0.1) is 0 Å². The smallest absolute Gasteiger partial charge is 0.258 e. The number of benzene rings is 1. The number of H-pyrrole nitrogens is 1. The van der Waals surface area contributed by atoms with Crippen LogP contribution >= 0.6 is 11.6 Å². The molecule has 1 atom stereocenters. The van der Waals surface area contributed by atoms with Gasteiger partial charge in [-0.1, -0.05) is 18.5 Å². The third kappa shape index (κ3) is 2.48. The van der Waals surface area contributed by atoms with Crippen LogP contribution in [-0.4, -0.2) is 16.5 Å². The van der Waals surface area contributed by atoms with Crippen LogP contribution in [0.25, 0.3) is 10.9 Å². The van der Waals surface area contributed by atoms with E-state index in [1.807, 2.05) is 13.8 Å². The molecule has 2 rings (SSSR count). The van der Waals surface area contributed by atoms with Crippen molar-refractivity contribution in [3.63, 3.8) is 0 Å². The highest BCUT2D eigenvalue weighted by atomic mass is 35.5. The van der Waals surface area contributed by atoms with Gasteiger partial charge in [-0.25, -0.2) is 4.98 Å². The summed E-state index contributed by atoms with van der Waals surface area (Å²) in [6, 6.07) is 5.09. The van der Waals surface area contributed by atoms with E-state index in [0.29, 0.717) is 21.7 Å². The molecule has 0 aliphatic rings. The minimum Gasteiger partial charge on any atom is -0.309 e. The van der Waals surface area contributed by atoms with Gasteiger partial charge in [0.2, 0.25) is 0 Å². The summed E-state index contributed by atoms with van der Waals surface area (Å²) in [6.07, 6.45) is 0. The molecule has 2 N–H and O–H groups in total. The number of aromatic amines is 1. The first-order chi connectivity index (χ1) is 8.11. The topological polar surface area (TPSA) is 57.8 Å². The van der Waals surface area contributed by atoms with E-state index in [4.69, 9.17) is 11.6 Å². The number of hydrogen-bond donors (Lipinski definition) is 2. The van der Waals surface area contributed by atoms with Crippen LogP contribution in [0.2, 0.25) is 5.02 Å². The lowest BCUT2D eigenvalue weighted by atomic mass is 10.2. The largest absolute Gasteiger partial charge is 0.309 e.